The van der Waals surface area contributed by atoms with Crippen LogP contribution in [0.5, 0.6) is 11.8 Å². The van der Waals surface area contributed by atoms with Crippen molar-refractivity contribution >= 4 is 0 Å². The average molecular weight is 363 g/mol. The van der Waals surface area contributed by atoms with Crippen LogP contribution in [-0.2, 0) is 9.47 Å². The lowest BCUT2D eigenvalue weighted by Gasteiger charge is -2.08. The van der Waals surface area contributed by atoms with Gasteiger partial charge in [0, 0.05) is 12.1 Å². The summed E-state index contributed by atoms with van der Waals surface area (Å²) in [6, 6.07) is 5.64. The molecule has 0 fully saturated rings. The molecule has 1 aromatic heterocycles. The number of nitrogens with zero attached hydrogens (tertiary/aromatic N) is 1. The van der Waals surface area contributed by atoms with Gasteiger partial charge in [0.05, 0.1) is 39.0 Å². The average Bonchev–Trinajstić information content (AvgIpc) is 2.66. The van der Waals surface area contributed by atoms with Crippen molar-refractivity contribution in [2.45, 2.75) is 51.4 Å². The van der Waals surface area contributed by atoms with E-state index in [0.717, 1.165) is 64.6 Å². The molecule has 1 aromatic rings. The van der Waals surface area contributed by atoms with Gasteiger partial charge in [0.25, 0.3) is 0 Å². The smallest absolute Gasteiger partial charge is 0.216 e. The Morgan fingerprint density at radius 2 is 1.08 bits per heavy atom. The summed E-state index contributed by atoms with van der Waals surface area (Å²) >= 11 is 0. The Labute approximate surface area is 158 Å². The molecule has 0 unspecified atom stereocenters. The molecule has 0 radical (unpaired) electrons. The lowest BCUT2D eigenvalue weighted by atomic mass is 10.2. The van der Waals surface area contributed by atoms with Crippen LogP contribution in [-0.4, -0.2) is 31.4 Å². The zero-order valence-corrected chi connectivity index (χ0v) is 15.9. The molecule has 0 N–H and O–H groups in total. The molecule has 0 bridgehead atoms. The number of rotatable bonds is 18. The molecule has 0 aliphatic heterocycles. The summed E-state index contributed by atoms with van der Waals surface area (Å²) in [7, 11) is 0. The molecule has 0 saturated heterocycles. The monoisotopic (exact) mass is 363 g/mol. The number of hydrogen-bond acceptors (Lipinski definition) is 5. The van der Waals surface area contributed by atoms with Gasteiger partial charge < -0.3 is 18.9 Å². The van der Waals surface area contributed by atoms with E-state index < -0.39 is 0 Å². The van der Waals surface area contributed by atoms with Crippen molar-refractivity contribution in [2.75, 3.05) is 26.4 Å². The van der Waals surface area contributed by atoms with E-state index in [0.29, 0.717) is 25.0 Å². The molecule has 1 rings (SSSR count). The highest BCUT2D eigenvalue weighted by Crippen LogP contribution is 2.15. The molecule has 5 heteroatoms. The number of unbranched alkanes of at least 4 members (excludes halogenated alkanes) is 6. The Hall–Kier alpha value is -2.17. The minimum absolute atomic E-state index is 0.624. The van der Waals surface area contributed by atoms with E-state index in [1.165, 1.54) is 12.5 Å². The second-order valence-electron chi connectivity index (χ2n) is 5.91. The molecule has 26 heavy (non-hydrogen) atoms. The van der Waals surface area contributed by atoms with Gasteiger partial charge in [-0.25, -0.2) is 0 Å². The van der Waals surface area contributed by atoms with Crippen molar-refractivity contribution in [1.29, 1.82) is 0 Å². The Bertz CT molecular complexity index is 440. The number of pyridine rings is 1. The van der Waals surface area contributed by atoms with Gasteiger partial charge in [0.1, 0.15) is 0 Å². The highest BCUT2D eigenvalue weighted by molar-refractivity contribution is 5.19. The van der Waals surface area contributed by atoms with Gasteiger partial charge in [0.2, 0.25) is 11.8 Å². The third-order valence-electron chi connectivity index (χ3n) is 3.75. The molecular weight excluding hydrogens is 330 g/mol. The van der Waals surface area contributed by atoms with Crippen molar-refractivity contribution in [3.8, 4) is 11.8 Å². The van der Waals surface area contributed by atoms with Gasteiger partial charge in [-0.3, -0.25) is 0 Å². The predicted octanol–water partition coefficient (Wildman–Crippen LogP) is 5.28. The number of ether oxygens (including phenoxy) is 4. The van der Waals surface area contributed by atoms with Crippen LogP contribution in [0.25, 0.3) is 0 Å². The van der Waals surface area contributed by atoms with E-state index in [2.05, 4.69) is 18.1 Å². The predicted molar refractivity (Wildman–Crippen MR) is 104 cm³/mol. The topological polar surface area (TPSA) is 49.8 Å². The standard InChI is InChI=1S/C21H33NO4/c1-3-23-16-9-5-7-11-18-25-20-14-13-15-21(22-20)26-19-12-8-6-10-17-24-4-2/h3-4,13-15H,1-2,5-12,16-19H2. The summed E-state index contributed by atoms with van der Waals surface area (Å²) in [6.45, 7) is 9.88. The van der Waals surface area contributed by atoms with Gasteiger partial charge in [-0.15, -0.1) is 0 Å². The number of aromatic nitrogens is 1. The van der Waals surface area contributed by atoms with Crippen LogP contribution in [0.15, 0.2) is 43.9 Å². The molecule has 146 valence electrons. The zero-order chi connectivity index (χ0) is 18.7. The van der Waals surface area contributed by atoms with Gasteiger partial charge in [-0.2, -0.15) is 4.98 Å². The fourth-order valence-electron chi connectivity index (χ4n) is 2.36. The summed E-state index contributed by atoms with van der Waals surface area (Å²) in [5.41, 5.74) is 0. The van der Waals surface area contributed by atoms with E-state index in [-0.39, 0.29) is 0 Å². The van der Waals surface area contributed by atoms with Crippen LogP contribution in [0.4, 0.5) is 0 Å². The van der Waals surface area contributed by atoms with Crippen LogP contribution < -0.4 is 9.47 Å². The fourth-order valence-corrected chi connectivity index (χ4v) is 2.36. The van der Waals surface area contributed by atoms with Crippen molar-refractivity contribution in [3.63, 3.8) is 0 Å². The normalized spacial score (nSPS) is 10.2. The molecule has 0 spiro atoms. The summed E-state index contributed by atoms with van der Waals surface area (Å²) in [5, 5.41) is 0. The highest BCUT2D eigenvalue weighted by atomic mass is 16.5. The molecule has 5 nitrogen and oxygen atoms in total. The Morgan fingerprint density at radius 1 is 0.654 bits per heavy atom. The van der Waals surface area contributed by atoms with E-state index in [4.69, 9.17) is 18.9 Å². The van der Waals surface area contributed by atoms with Gasteiger partial charge in [-0.1, -0.05) is 19.2 Å². The maximum Gasteiger partial charge on any atom is 0.216 e. The minimum Gasteiger partial charge on any atom is -0.502 e. The van der Waals surface area contributed by atoms with Gasteiger partial charge in [-0.05, 0) is 51.4 Å². The SMILES string of the molecule is C=COCCCCCCOc1cccc(OCCCCCCOC=C)n1. The minimum atomic E-state index is 0.624. The third-order valence-corrected chi connectivity index (χ3v) is 3.75. The van der Waals surface area contributed by atoms with E-state index in [1.807, 2.05) is 18.2 Å². The zero-order valence-electron chi connectivity index (χ0n) is 15.9. The first kappa shape index (κ1) is 21.9. The van der Waals surface area contributed by atoms with Gasteiger partial charge in [0.15, 0.2) is 0 Å². The maximum atomic E-state index is 5.70. The van der Waals surface area contributed by atoms with E-state index in [9.17, 15) is 0 Å². The summed E-state index contributed by atoms with van der Waals surface area (Å²) in [4.78, 5) is 4.38. The molecular formula is C21H33NO4. The van der Waals surface area contributed by atoms with Crippen LogP contribution in [0.3, 0.4) is 0 Å². The highest BCUT2D eigenvalue weighted by Gasteiger charge is 2.00. The molecule has 0 aromatic carbocycles. The largest absolute Gasteiger partial charge is 0.502 e. The molecule has 0 saturated carbocycles. The molecule has 0 amide bonds. The first-order chi connectivity index (χ1) is 12.9. The fraction of sp³-hybridized carbons (Fsp3) is 0.571. The van der Waals surface area contributed by atoms with Crippen molar-refractivity contribution in [2.24, 2.45) is 0 Å². The lowest BCUT2D eigenvalue weighted by molar-refractivity contribution is 0.236. The quantitative estimate of drug-likeness (QED) is 0.262. The Balaban J connectivity index is 2.05. The van der Waals surface area contributed by atoms with Crippen LogP contribution in [0, 0.1) is 0 Å². The van der Waals surface area contributed by atoms with Crippen LogP contribution in [0.1, 0.15) is 51.4 Å². The first-order valence-electron chi connectivity index (χ1n) is 9.54. The Morgan fingerprint density at radius 3 is 1.50 bits per heavy atom. The van der Waals surface area contributed by atoms with E-state index in [1.54, 1.807) is 0 Å². The second kappa shape index (κ2) is 16.3. The summed E-state index contributed by atoms with van der Waals surface area (Å²) in [5.74, 6) is 1.25. The second-order valence-corrected chi connectivity index (χ2v) is 5.91. The number of hydrogen-bond donors (Lipinski definition) is 0. The van der Waals surface area contributed by atoms with Crippen molar-refractivity contribution < 1.29 is 18.9 Å². The van der Waals surface area contributed by atoms with Crippen LogP contribution in [0.2, 0.25) is 0 Å². The first-order valence-corrected chi connectivity index (χ1v) is 9.54. The van der Waals surface area contributed by atoms with Crippen molar-refractivity contribution in [1.82, 2.24) is 4.98 Å². The molecule has 0 atom stereocenters. The molecule has 0 aliphatic rings. The summed E-state index contributed by atoms with van der Waals surface area (Å²) in [6.07, 6.45) is 11.6. The lowest BCUT2D eigenvalue weighted by Crippen LogP contribution is -2.02. The molecule has 1 heterocycles. The van der Waals surface area contributed by atoms with Gasteiger partial charge >= 0.3 is 0 Å². The maximum absolute atomic E-state index is 5.70. The van der Waals surface area contributed by atoms with E-state index >= 15 is 0 Å². The van der Waals surface area contributed by atoms with Crippen LogP contribution >= 0.6 is 0 Å². The molecule has 0 aliphatic carbocycles. The third kappa shape index (κ3) is 12.2. The summed E-state index contributed by atoms with van der Waals surface area (Å²) < 4.78 is 21.6. The Kier molecular flexibility index (Phi) is 13.7. The van der Waals surface area contributed by atoms with Crippen molar-refractivity contribution in [3.05, 3.63) is 43.9 Å².